The summed E-state index contributed by atoms with van der Waals surface area (Å²) in [6.07, 6.45) is 0.938. The Hall–Kier alpha value is -0.940. The third-order valence-corrected chi connectivity index (χ3v) is 6.39. The van der Waals surface area contributed by atoms with Crippen LogP contribution in [-0.2, 0) is 9.84 Å². The second-order valence-electron chi connectivity index (χ2n) is 6.39. The highest BCUT2D eigenvalue weighted by atomic mass is 127. The molecule has 1 aliphatic rings. The number of hydrogen-bond acceptors (Lipinski definition) is 5. The average Bonchev–Trinajstić information content (AvgIpc) is 3.10. The number of halogens is 2. The van der Waals surface area contributed by atoms with Crippen molar-refractivity contribution >= 4 is 57.1 Å². The number of nitrogens with one attached hydrogen (secondary N) is 2. The fourth-order valence-electron chi connectivity index (χ4n) is 2.96. The fraction of sp³-hybridized carbons (Fsp3) is 0.611. The van der Waals surface area contributed by atoms with Gasteiger partial charge in [0.2, 0.25) is 0 Å². The molecule has 28 heavy (non-hydrogen) atoms. The zero-order chi connectivity index (χ0) is 19.9. The molecule has 1 aromatic rings. The minimum absolute atomic E-state index is 0. The third kappa shape index (κ3) is 7.47. The molecule has 1 aliphatic heterocycles. The van der Waals surface area contributed by atoms with Crippen LogP contribution in [0.15, 0.2) is 23.2 Å². The molecule has 0 aromatic heterocycles. The van der Waals surface area contributed by atoms with E-state index in [1.165, 1.54) is 0 Å². The highest BCUT2D eigenvalue weighted by Gasteiger charge is 2.25. The van der Waals surface area contributed by atoms with E-state index in [2.05, 4.69) is 20.5 Å². The van der Waals surface area contributed by atoms with Gasteiger partial charge in [0.1, 0.15) is 5.75 Å². The molecule has 0 spiro atoms. The zero-order valence-electron chi connectivity index (χ0n) is 16.6. The molecule has 2 rings (SSSR count). The number of rotatable bonds is 8. The van der Waals surface area contributed by atoms with Gasteiger partial charge < -0.3 is 20.3 Å². The van der Waals surface area contributed by atoms with E-state index in [1.54, 1.807) is 14.0 Å². The van der Waals surface area contributed by atoms with Gasteiger partial charge in [0.15, 0.2) is 15.8 Å². The molecular weight excluding hydrogens is 515 g/mol. The number of aliphatic imine (C=N–C) groups is 1. The number of guanidine groups is 1. The molecule has 7 nitrogen and oxygen atoms in total. The lowest BCUT2D eigenvalue weighted by Gasteiger charge is -2.22. The van der Waals surface area contributed by atoms with Crippen LogP contribution in [0.2, 0.25) is 5.02 Å². The summed E-state index contributed by atoms with van der Waals surface area (Å²) in [5.74, 6) is 1.65. The maximum atomic E-state index is 11.6. The molecule has 0 aliphatic carbocycles. The summed E-state index contributed by atoms with van der Waals surface area (Å²) in [4.78, 5) is 6.64. The van der Waals surface area contributed by atoms with Crippen molar-refractivity contribution in [3.05, 3.63) is 23.2 Å². The number of benzene rings is 1. The highest BCUT2D eigenvalue weighted by molar-refractivity contribution is 14.0. The normalized spacial score (nSPS) is 17.2. The summed E-state index contributed by atoms with van der Waals surface area (Å²) < 4.78 is 28.7. The third-order valence-electron chi connectivity index (χ3n) is 4.47. The fourth-order valence-corrected chi connectivity index (χ4v) is 3.79. The molecule has 2 N–H and O–H groups in total. The summed E-state index contributed by atoms with van der Waals surface area (Å²) in [7, 11) is -1.36. The molecule has 0 amide bonds. The standard InChI is InChI=1S/C18H29ClN4O3S.HI/c1-4-20-18(21-9-11-27(24,25)5-2)22-15-8-10-23(13-15)16-12-14(19)6-7-17(16)26-3;/h6-7,12,15H,4-5,8-11,13H2,1-3H3,(H2,20,21,22);1H. The van der Waals surface area contributed by atoms with Crippen molar-refractivity contribution in [2.75, 3.05) is 49.7 Å². The molecule has 1 fully saturated rings. The topological polar surface area (TPSA) is 83.0 Å². The van der Waals surface area contributed by atoms with E-state index in [4.69, 9.17) is 16.3 Å². The molecule has 0 saturated carbocycles. The van der Waals surface area contributed by atoms with E-state index in [1.807, 2.05) is 25.1 Å². The first-order valence-corrected chi connectivity index (χ1v) is 11.4. The number of methoxy groups -OCH3 is 1. The van der Waals surface area contributed by atoms with Crippen molar-refractivity contribution < 1.29 is 13.2 Å². The van der Waals surface area contributed by atoms with E-state index < -0.39 is 9.84 Å². The van der Waals surface area contributed by atoms with Crippen LogP contribution < -0.4 is 20.3 Å². The molecule has 1 aromatic carbocycles. The van der Waals surface area contributed by atoms with Crippen molar-refractivity contribution in [1.29, 1.82) is 0 Å². The summed E-state index contributed by atoms with van der Waals surface area (Å²) in [6.45, 7) is 6.26. The Morgan fingerprint density at radius 2 is 2.14 bits per heavy atom. The summed E-state index contributed by atoms with van der Waals surface area (Å²) in [6, 6.07) is 5.81. The van der Waals surface area contributed by atoms with Crippen LogP contribution in [-0.4, -0.2) is 65.2 Å². The molecule has 10 heteroatoms. The van der Waals surface area contributed by atoms with E-state index in [-0.39, 0.29) is 48.1 Å². The van der Waals surface area contributed by atoms with Crippen molar-refractivity contribution in [1.82, 2.24) is 10.6 Å². The molecule has 1 heterocycles. The first kappa shape index (κ1) is 25.1. The van der Waals surface area contributed by atoms with Gasteiger partial charge in [-0.2, -0.15) is 0 Å². The predicted molar refractivity (Wildman–Crippen MR) is 127 cm³/mol. The van der Waals surface area contributed by atoms with Gasteiger partial charge in [0.05, 0.1) is 25.1 Å². The molecule has 1 saturated heterocycles. The van der Waals surface area contributed by atoms with Crippen molar-refractivity contribution in [2.24, 2.45) is 4.99 Å². The molecule has 0 radical (unpaired) electrons. The van der Waals surface area contributed by atoms with E-state index in [0.29, 0.717) is 17.5 Å². The average molecular weight is 545 g/mol. The molecule has 1 unspecified atom stereocenters. The Morgan fingerprint density at radius 3 is 2.79 bits per heavy atom. The lowest BCUT2D eigenvalue weighted by Crippen LogP contribution is -2.44. The summed E-state index contributed by atoms with van der Waals surface area (Å²) >= 11 is 6.14. The lowest BCUT2D eigenvalue weighted by molar-refractivity contribution is 0.415. The summed E-state index contributed by atoms with van der Waals surface area (Å²) in [5.41, 5.74) is 0.977. The SMILES string of the molecule is CCNC(=NCCS(=O)(=O)CC)NC1CCN(c2cc(Cl)ccc2OC)C1.I. The minimum Gasteiger partial charge on any atom is -0.495 e. The number of sulfone groups is 1. The molecule has 160 valence electrons. The Morgan fingerprint density at radius 1 is 1.39 bits per heavy atom. The second-order valence-corrected chi connectivity index (χ2v) is 9.30. The largest absolute Gasteiger partial charge is 0.495 e. The van der Waals surface area contributed by atoms with Crippen LogP contribution in [0.3, 0.4) is 0 Å². The summed E-state index contributed by atoms with van der Waals surface area (Å²) in [5, 5.41) is 7.26. The van der Waals surface area contributed by atoms with Crippen LogP contribution in [0.25, 0.3) is 0 Å². The predicted octanol–water partition coefficient (Wildman–Crippen LogP) is 2.54. The van der Waals surface area contributed by atoms with Crippen LogP contribution in [0.1, 0.15) is 20.3 Å². The van der Waals surface area contributed by atoms with Gasteiger partial charge in [-0.1, -0.05) is 18.5 Å². The maximum Gasteiger partial charge on any atom is 0.191 e. The van der Waals surface area contributed by atoms with E-state index in [9.17, 15) is 8.42 Å². The van der Waals surface area contributed by atoms with Crippen molar-refractivity contribution in [3.8, 4) is 5.75 Å². The number of ether oxygens (including phenoxy) is 1. The monoisotopic (exact) mass is 544 g/mol. The number of anilines is 1. The Bertz CT molecular complexity index is 761. The smallest absolute Gasteiger partial charge is 0.191 e. The van der Waals surface area contributed by atoms with E-state index >= 15 is 0 Å². The van der Waals surface area contributed by atoms with Gasteiger partial charge in [-0.15, -0.1) is 24.0 Å². The maximum absolute atomic E-state index is 11.6. The zero-order valence-corrected chi connectivity index (χ0v) is 20.5. The van der Waals surface area contributed by atoms with Crippen LogP contribution in [0, 0.1) is 0 Å². The molecule has 0 bridgehead atoms. The van der Waals surface area contributed by atoms with Gasteiger partial charge in [0.25, 0.3) is 0 Å². The van der Waals surface area contributed by atoms with Crippen molar-refractivity contribution in [2.45, 2.75) is 26.3 Å². The minimum atomic E-state index is -3.01. The van der Waals surface area contributed by atoms with Gasteiger partial charge >= 0.3 is 0 Å². The van der Waals surface area contributed by atoms with Crippen LogP contribution >= 0.6 is 35.6 Å². The Kier molecular flexibility index (Phi) is 10.7. The second kappa shape index (κ2) is 11.9. The van der Waals surface area contributed by atoms with Crippen LogP contribution in [0.5, 0.6) is 5.75 Å². The first-order valence-electron chi connectivity index (χ1n) is 9.22. The molecular formula is C18H30ClIN4O3S. The quantitative estimate of drug-likeness (QED) is 0.297. The number of hydrogen-bond donors (Lipinski definition) is 2. The highest BCUT2D eigenvalue weighted by Crippen LogP contribution is 2.33. The van der Waals surface area contributed by atoms with Crippen LogP contribution in [0.4, 0.5) is 5.69 Å². The Balaban J connectivity index is 0.00000392. The van der Waals surface area contributed by atoms with Gasteiger partial charge in [0, 0.05) is 36.5 Å². The van der Waals surface area contributed by atoms with Gasteiger partial charge in [-0.25, -0.2) is 8.42 Å². The van der Waals surface area contributed by atoms with Gasteiger partial charge in [-0.3, -0.25) is 4.99 Å². The molecule has 1 atom stereocenters. The van der Waals surface area contributed by atoms with E-state index in [0.717, 1.165) is 30.9 Å². The first-order chi connectivity index (χ1) is 12.9. The van der Waals surface area contributed by atoms with Gasteiger partial charge in [-0.05, 0) is 31.5 Å². The van der Waals surface area contributed by atoms with Crippen molar-refractivity contribution in [3.63, 3.8) is 0 Å². The number of nitrogens with zero attached hydrogens (tertiary/aromatic N) is 2. The Labute approximate surface area is 190 Å². The lowest BCUT2D eigenvalue weighted by atomic mass is 10.2.